The van der Waals surface area contributed by atoms with E-state index in [2.05, 4.69) is 0 Å². The number of hydrogen-bond acceptors (Lipinski definition) is 3. The quantitative estimate of drug-likeness (QED) is 0.729. The lowest BCUT2D eigenvalue weighted by Crippen LogP contribution is -2.22. The third-order valence-electron chi connectivity index (χ3n) is 2.40. The smallest absolute Gasteiger partial charge is 0.180 e. The van der Waals surface area contributed by atoms with Crippen molar-refractivity contribution in [3.8, 4) is 5.75 Å². The third-order valence-corrected chi connectivity index (χ3v) is 2.40. The van der Waals surface area contributed by atoms with Gasteiger partial charge in [0.25, 0.3) is 0 Å². The maximum atomic E-state index is 12.0. The first-order valence-electron chi connectivity index (χ1n) is 5.29. The molecule has 1 rings (SSSR count). The van der Waals surface area contributed by atoms with E-state index < -0.39 is 0 Å². The minimum Gasteiger partial charge on any atom is -0.496 e. The molecule has 0 aliphatic rings. The van der Waals surface area contributed by atoms with Crippen LogP contribution in [-0.2, 0) is 0 Å². The van der Waals surface area contributed by atoms with Gasteiger partial charge in [0, 0.05) is 0 Å². The summed E-state index contributed by atoms with van der Waals surface area (Å²) in [5.74, 6) is 0.767. The normalized spacial score (nSPS) is 10.6. The fourth-order valence-electron chi connectivity index (χ4n) is 1.81. The molecule has 0 atom stereocenters. The largest absolute Gasteiger partial charge is 0.496 e. The summed E-state index contributed by atoms with van der Waals surface area (Å²) in [7, 11) is 5.36. The molecule has 88 valence electrons. The lowest BCUT2D eigenvalue weighted by Gasteiger charge is -2.14. The highest BCUT2D eigenvalue weighted by atomic mass is 16.5. The van der Waals surface area contributed by atoms with E-state index >= 15 is 0 Å². The highest BCUT2D eigenvalue weighted by Gasteiger charge is 2.16. The maximum Gasteiger partial charge on any atom is 0.180 e. The van der Waals surface area contributed by atoms with Crippen LogP contribution in [0.1, 0.15) is 21.5 Å². The van der Waals surface area contributed by atoms with Gasteiger partial charge in [-0.1, -0.05) is 6.07 Å². The zero-order valence-electron chi connectivity index (χ0n) is 10.6. The van der Waals surface area contributed by atoms with Crippen molar-refractivity contribution in [2.24, 2.45) is 0 Å². The molecule has 0 heterocycles. The zero-order chi connectivity index (χ0) is 12.3. The maximum absolute atomic E-state index is 12.0. The Morgan fingerprint density at radius 3 is 2.44 bits per heavy atom. The van der Waals surface area contributed by atoms with Crippen LogP contribution >= 0.6 is 0 Å². The van der Waals surface area contributed by atoms with Crippen LogP contribution in [0.3, 0.4) is 0 Å². The Balaban J connectivity index is 3.16. The highest BCUT2D eigenvalue weighted by Crippen LogP contribution is 2.24. The van der Waals surface area contributed by atoms with Gasteiger partial charge in [-0.2, -0.15) is 0 Å². The van der Waals surface area contributed by atoms with Crippen LogP contribution in [0.4, 0.5) is 0 Å². The van der Waals surface area contributed by atoms with E-state index in [-0.39, 0.29) is 5.78 Å². The fourth-order valence-corrected chi connectivity index (χ4v) is 1.81. The number of ketones is 1. The second-order valence-corrected chi connectivity index (χ2v) is 4.32. The van der Waals surface area contributed by atoms with Crippen LogP contribution < -0.4 is 4.74 Å². The Labute approximate surface area is 97.0 Å². The number of hydrogen-bond donors (Lipinski definition) is 0. The molecule has 0 spiro atoms. The number of carbonyl (C=O) groups is 1. The van der Waals surface area contributed by atoms with Crippen LogP contribution in [-0.4, -0.2) is 38.4 Å². The van der Waals surface area contributed by atoms with Crippen molar-refractivity contribution in [3.05, 3.63) is 28.8 Å². The van der Waals surface area contributed by atoms with Crippen LogP contribution in [0.15, 0.2) is 12.1 Å². The fraction of sp³-hybridized carbons (Fsp3) is 0.462. The highest BCUT2D eigenvalue weighted by molar-refractivity contribution is 6.01. The zero-order valence-corrected chi connectivity index (χ0v) is 10.6. The number of nitrogens with zero attached hydrogens (tertiary/aromatic N) is 1. The first-order valence-corrected chi connectivity index (χ1v) is 5.29. The second kappa shape index (κ2) is 5.12. The van der Waals surface area contributed by atoms with Crippen molar-refractivity contribution in [2.75, 3.05) is 27.7 Å². The summed E-state index contributed by atoms with van der Waals surface area (Å²) >= 11 is 0. The molecule has 16 heavy (non-hydrogen) atoms. The summed E-state index contributed by atoms with van der Waals surface area (Å²) in [6, 6.07) is 3.90. The Bertz CT molecular complexity index is 397. The van der Waals surface area contributed by atoms with E-state index in [1.165, 1.54) is 0 Å². The Hall–Kier alpha value is -1.35. The molecule has 3 heteroatoms. The average Bonchev–Trinajstić information content (AvgIpc) is 2.14. The van der Waals surface area contributed by atoms with Crippen molar-refractivity contribution in [2.45, 2.75) is 13.8 Å². The number of Topliss-reactive ketones (excluding diaryl/α,β-unsaturated/α-hetero) is 1. The van der Waals surface area contributed by atoms with Gasteiger partial charge in [-0.15, -0.1) is 0 Å². The molecule has 3 nitrogen and oxygen atoms in total. The molecule has 0 bridgehead atoms. The van der Waals surface area contributed by atoms with Gasteiger partial charge < -0.3 is 9.64 Å². The predicted octanol–water partition coefficient (Wildman–Crippen LogP) is 2.06. The number of methoxy groups -OCH3 is 1. The van der Waals surface area contributed by atoms with Gasteiger partial charge in [0.05, 0.1) is 19.2 Å². The molecule has 0 N–H and O–H groups in total. The number of ether oxygens (including phenoxy) is 1. The molecule has 0 unspecified atom stereocenters. The topological polar surface area (TPSA) is 29.5 Å². The first-order chi connectivity index (χ1) is 7.45. The number of benzene rings is 1. The molecule has 0 amide bonds. The molecule has 1 aromatic carbocycles. The Morgan fingerprint density at radius 1 is 1.31 bits per heavy atom. The van der Waals surface area contributed by atoms with Crippen molar-refractivity contribution in [1.29, 1.82) is 0 Å². The third kappa shape index (κ3) is 2.83. The number of rotatable bonds is 4. The monoisotopic (exact) mass is 221 g/mol. The minimum atomic E-state index is 0.0966. The summed E-state index contributed by atoms with van der Waals surface area (Å²) in [6.07, 6.45) is 0. The van der Waals surface area contributed by atoms with Gasteiger partial charge in [-0.05, 0) is 45.1 Å². The predicted molar refractivity (Wildman–Crippen MR) is 65.4 cm³/mol. The molecule has 0 saturated heterocycles. The van der Waals surface area contributed by atoms with E-state index in [1.807, 2.05) is 45.0 Å². The molecule has 0 aliphatic heterocycles. The lowest BCUT2D eigenvalue weighted by atomic mass is 10.0. The summed E-state index contributed by atoms with van der Waals surface area (Å²) in [4.78, 5) is 13.9. The van der Waals surface area contributed by atoms with Crippen LogP contribution in [0.25, 0.3) is 0 Å². The van der Waals surface area contributed by atoms with E-state index in [0.29, 0.717) is 17.9 Å². The Kier molecular flexibility index (Phi) is 4.07. The molecule has 0 aliphatic carbocycles. The molecule has 1 aromatic rings. The van der Waals surface area contributed by atoms with E-state index in [1.54, 1.807) is 7.11 Å². The van der Waals surface area contributed by atoms with E-state index in [9.17, 15) is 4.79 Å². The second-order valence-electron chi connectivity index (χ2n) is 4.32. The number of aryl methyl sites for hydroxylation is 2. The average molecular weight is 221 g/mol. The van der Waals surface area contributed by atoms with Gasteiger partial charge in [0.15, 0.2) is 5.78 Å². The molecule has 0 aromatic heterocycles. The van der Waals surface area contributed by atoms with Crippen LogP contribution in [0.5, 0.6) is 5.75 Å². The molecule has 0 saturated carbocycles. The molecular formula is C13H19NO2. The summed E-state index contributed by atoms with van der Waals surface area (Å²) < 4.78 is 5.27. The van der Waals surface area contributed by atoms with Gasteiger partial charge in [0.2, 0.25) is 0 Å². The lowest BCUT2D eigenvalue weighted by molar-refractivity contribution is 0.0954. The van der Waals surface area contributed by atoms with Gasteiger partial charge >= 0.3 is 0 Å². The van der Waals surface area contributed by atoms with Crippen molar-refractivity contribution in [1.82, 2.24) is 4.90 Å². The molecular weight excluding hydrogens is 202 g/mol. The van der Waals surface area contributed by atoms with Gasteiger partial charge in [-0.25, -0.2) is 0 Å². The summed E-state index contributed by atoms with van der Waals surface area (Å²) in [6.45, 7) is 4.34. The van der Waals surface area contributed by atoms with E-state index in [0.717, 1.165) is 11.1 Å². The standard InChI is InChI=1S/C13H19NO2/c1-9-6-10(2)13(12(7-9)16-5)11(15)8-14(3)4/h6-7H,8H2,1-5H3. The van der Waals surface area contributed by atoms with Crippen LogP contribution in [0.2, 0.25) is 0 Å². The summed E-state index contributed by atoms with van der Waals surface area (Å²) in [5.41, 5.74) is 2.78. The van der Waals surface area contributed by atoms with Gasteiger partial charge in [0.1, 0.15) is 5.75 Å². The number of carbonyl (C=O) groups excluding carboxylic acids is 1. The van der Waals surface area contributed by atoms with Crippen molar-refractivity contribution >= 4 is 5.78 Å². The SMILES string of the molecule is COc1cc(C)cc(C)c1C(=O)CN(C)C. The van der Waals surface area contributed by atoms with E-state index in [4.69, 9.17) is 4.74 Å². The minimum absolute atomic E-state index is 0.0966. The molecule has 0 fully saturated rings. The summed E-state index contributed by atoms with van der Waals surface area (Å²) in [5, 5.41) is 0. The molecule has 0 radical (unpaired) electrons. The van der Waals surface area contributed by atoms with Crippen molar-refractivity contribution in [3.63, 3.8) is 0 Å². The first kappa shape index (κ1) is 12.7. The number of likely N-dealkylation sites (N-methyl/N-ethyl adjacent to an activating group) is 1. The van der Waals surface area contributed by atoms with Gasteiger partial charge in [-0.3, -0.25) is 4.79 Å². The Morgan fingerprint density at radius 2 is 1.94 bits per heavy atom. The van der Waals surface area contributed by atoms with Crippen molar-refractivity contribution < 1.29 is 9.53 Å². The van der Waals surface area contributed by atoms with Crippen LogP contribution in [0, 0.1) is 13.8 Å².